The van der Waals surface area contributed by atoms with Crippen molar-refractivity contribution in [2.75, 3.05) is 11.4 Å². The second-order valence-electron chi connectivity index (χ2n) is 5.77. The van der Waals surface area contributed by atoms with Gasteiger partial charge in [-0.3, -0.25) is 9.88 Å². The number of benzene rings is 1. The third-order valence-electron chi connectivity index (χ3n) is 3.94. The summed E-state index contributed by atoms with van der Waals surface area (Å²) >= 11 is 0. The maximum Gasteiger partial charge on any atom is 0.319 e. The van der Waals surface area contributed by atoms with Gasteiger partial charge in [0.2, 0.25) is 5.88 Å². The predicted molar refractivity (Wildman–Crippen MR) is 100 cm³/mol. The fourth-order valence-corrected chi connectivity index (χ4v) is 2.53. The van der Waals surface area contributed by atoms with Gasteiger partial charge in [-0.25, -0.2) is 9.78 Å². The summed E-state index contributed by atoms with van der Waals surface area (Å²) in [7, 11) is 0. The van der Waals surface area contributed by atoms with Gasteiger partial charge in [0, 0.05) is 18.8 Å². The molecule has 0 aliphatic rings. The van der Waals surface area contributed by atoms with Crippen molar-refractivity contribution >= 4 is 11.7 Å². The van der Waals surface area contributed by atoms with Gasteiger partial charge in [0.25, 0.3) is 0 Å². The summed E-state index contributed by atoms with van der Waals surface area (Å²) < 4.78 is 5.73. The molecule has 3 aromatic rings. The molecule has 6 heteroatoms. The van der Waals surface area contributed by atoms with Gasteiger partial charge in [0.05, 0.1) is 17.6 Å². The molecule has 1 aromatic carbocycles. The largest absolute Gasteiger partial charge is 0.437 e. The normalized spacial score (nSPS) is 10.3. The van der Waals surface area contributed by atoms with E-state index in [9.17, 15) is 4.79 Å². The van der Waals surface area contributed by atoms with E-state index < -0.39 is 6.03 Å². The highest BCUT2D eigenvalue weighted by atomic mass is 16.5. The summed E-state index contributed by atoms with van der Waals surface area (Å²) in [6, 6.07) is 16.5. The van der Waals surface area contributed by atoms with Crippen LogP contribution in [0.1, 0.15) is 11.3 Å². The van der Waals surface area contributed by atoms with E-state index in [2.05, 4.69) is 9.97 Å². The molecule has 0 aliphatic carbocycles. The topological polar surface area (TPSA) is 81.3 Å². The number of nitrogens with two attached hydrogens (primary N) is 1. The molecule has 26 heavy (non-hydrogen) atoms. The molecular formula is C20H20N4O2. The van der Waals surface area contributed by atoms with Crippen LogP contribution in [0.5, 0.6) is 11.6 Å². The van der Waals surface area contributed by atoms with Crippen LogP contribution in [0.15, 0.2) is 67.0 Å². The van der Waals surface area contributed by atoms with Crippen LogP contribution in [0.25, 0.3) is 0 Å². The highest BCUT2D eigenvalue weighted by molar-refractivity contribution is 5.90. The molecule has 2 N–H and O–H groups in total. The second kappa shape index (κ2) is 8.11. The Morgan fingerprint density at radius 2 is 1.88 bits per heavy atom. The van der Waals surface area contributed by atoms with Gasteiger partial charge < -0.3 is 10.5 Å². The Morgan fingerprint density at radius 3 is 2.54 bits per heavy atom. The predicted octanol–water partition coefficient (Wildman–Crippen LogP) is 3.71. The first kappa shape index (κ1) is 17.4. The number of nitrogens with zero attached hydrogens (tertiary/aromatic N) is 3. The van der Waals surface area contributed by atoms with E-state index in [0.717, 1.165) is 11.3 Å². The van der Waals surface area contributed by atoms with E-state index in [1.165, 1.54) is 4.90 Å². The molecule has 0 unspecified atom stereocenters. The lowest BCUT2D eigenvalue weighted by atomic mass is 10.1. The van der Waals surface area contributed by atoms with Gasteiger partial charge in [-0.05, 0) is 37.1 Å². The van der Waals surface area contributed by atoms with Gasteiger partial charge in [-0.1, -0.05) is 30.3 Å². The molecule has 3 rings (SSSR count). The smallest absolute Gasteiger partial charge is 0.319 e. The van der Waals surface area contributed by atoms with Crippen LogP contribution in [0.2, 0.25) is 0 Å². The average Bonchev–Trinajstić information content (AvgIpc) is 2.66. The zero-order chi connectivity index (χ0) is 18.4. The van der Waals surface area contributed by atoms with E-state index in [-0.39, 0.29) is 0 Å². The van der Waals surface area contributed by atoms with E-state index >= 15 is 0 Å². The number of ether oxygens (including phenoxy) is 1. The average molecular weight is 348 g/mol. The number of hydrogen-bond acceptors (Lipinski definition) is 4. The van der Waals surface area contributed by atoms with Crippen molar-refractivity contribution in [3.63, 3.8) is 0 Å². The Kier molecular flexibility index (Phi) is 5.43. The number of anilines is 1. The Balaban J connectivity index is 1.70. The highest BCUT2D eigenvalue weighted by Crippen LogP contribution is 2.23. The van der Waals surface area contributed by atoms with Crippen molar-refractivity contribution in [1.29, 1.82) is 0 Å². The minimum atomic E-state index is -0.514. The van der Waals surface area contributed by atoms with Crippen LogP contribution >= 0.6 is 0 Å². The lowest BCUT2D eigenvalue weighted by molar-refractivity contribution is 0.254. The number of carbonyl (C=O) groups is 1. The molecule has 0 fully saturated rings. The number of hydrogen-bond donors (Lipinski definition) is 1. The van der Waals surface area contributed by atoms with Gasteiger partial charge in [-0.2, -0.15) is 0 Å². The second-order valence-corrected chi connectivity index (χ2v) is 5.77. The molecule has 132 valence electrons. The fraction of sp³-hybridized carbons (Fsp3) is 0.150. The number of pyridine rings is 2. The molecular weight excluding hydrogens is 328 g/mol. The van der Waals surface area contributed by atoms with Gasteiger partial charge in [0.1, 0.15) is 0 Å². The van der Waals surface area contributed by atoms with Crippen LogP contribution in [-0.4, -0.2) is 22.5 Å². The third kappa shape index (κ3) is 4.36. The molecule has 0 spiro atoms. The van der Waals surface area contributed by atoms with Crippen LogP contribution in [0, 0.1) is 6.92 Å². The number of amides is 2. The Morgan fingerprint density at radius 1 is 1.08 bits per heavy atom. The van der Waals surface area contributed by atoms with E-state index in [0.29, 0.717) is 30.3 Å². The van der Waals surface area contributed by atoms with Crippen LogP contribution in [-0.2, 0) is 6.42 Å². The summed E-state index contributed by atoms with van der Waals surface area (Å²) in [4.78, 5) is 21.8. The molecule has 0 saturated heterocycles. The number of carbonyl (C=O) groups excluding carboxylic acids is 1. The maximum absolute atomic E-state index is 11.8. The zero-order valence-electron chi connectivity index (χ0n) is 14.5. The van der Waals surface area contributed by atoms with Crippen molar-refractivity contribution < 1.29 is 9.53 Å². The SMILES string of the molecule is Cc1ncccc1Oc1ccc(N(CCc2ccccc2)C(N)=O)cn1. The van der Waals surface area contributed by atoms with Crippen molar-refractivity contribution in [3.05, 3.63) is 78.2 Å². The van der Waals surface area contributed by atoms with Gasteiger partial charge >= 0.3 is 6.03 Å². The molecule has 2 aromatic heterocycles. The quantitative estimate of drug-likeness (QED) is 0.736. The zero-order valence-corrected chi connectivity index (χ0v) is 14.5. The van der Waals surface area contributed by atoms with Crippen LogP contribution in [0.4, 0.5) is 10.5 Å². The molecule has 0 bridgehead atoms. The maximum atomic E-state index is 11.8. The third-order valence-corrected chi connectivity index (χ3v) is 3.94. The van der Waals surface area contributed by atoms with Crippen molar-refractivity contribution in [1.82, 2.24) is 9.97 Å². The van der Waals surface area contributed by atoms with E-state index in [4.69, 9.17) is 10.5 Å². The lowest BCUT2D eigenvalue weighted by Gasteiger charge is -2.20. The molecule has 0 atom stereocenters. The summed E-state index contributed by atoms with van der Waals surface area (Å²) in [6.07, 6.45) is 3.99. The van der Waals surface area contributed by atoms with Crippen molar-refractivity contribution in [3.8, 4) is 11.6 Å². The van der Waals surface area contributed by atoms with E-state index in [1.807, 2.05) is 43.3 Å². The Bertz CT molecular complexity index is 866. The van der Waals surface area contributed by atoms with Crippen molar-refractivity contribution in [2.24, 2.45) is 5.73 Å². The molecule has 6 nitrogen and oxygen atoms in total. The van der Waals surface area contributed by atoms with E-state index in [1.54, 1.807) is 30.6 Å². The monoisotopic (exact) mass is 348 g/mol. The molecule has 0 saturated carbocycles. The first-order chi connectivity index (χ1) is 12.6. The van der Waals surface area contributed by atoms with Crippen LogP contribution in [0.3, 0.4) is 0 Å². The number of urea groups is 1. The summed E-state index contributed by atoms with van der Waals surface area (Å²) in [5.74, 6) is 1.07. The Labute approximate surface area is 152 Å². The lowest BCUT2D eigenvalue weighted by Crippen LogP contribution is -2.37. The van der Waals surface area contributed by atoms with Crippen LogP contribution < -0.4 is 15.4 Å². The fourth-order valence-electron chi connectivity index (χ4n) is 2.53. The summed E-state index contributed by atoms with van der Waals surface area (Å²) in [5.41, 5.74) is 8.08. The van der Waals surface area contributed by atoms with Gasteiger partial charge in [0.15, 0.2) is 5.75 Å². The minimum absolute atomic E-state index is 0.428. The minimum Gasteiger partial charge on any atom is -0.437 e. The molecule has 0 radical (unpaired) electrons. The highest BCUT2D eigenvalue weighted by Gasteiger charge is 2.13. The molecule has 2 amide bonds. The van der Waals surface area contributed by atoms with Crippen molar-refractivity contribution in [2.45, 2.75) is 13.3 Å². The first-order valence-corrected chi connectivity index (χ1v) is 8.30. The summed E-state index contributed by atoms with van der Waals surface area (Å²) in [6.45, 7) is 2.34. The summed E-state index contributed by atoms with van der Waals surface area (Å²) in [5, 5.41) is 0. The number of rotatable bonds is 6. The Hall–Kier alpha value is -3.41. The first-order valence-electron chi connectivity index (χ1n) is 8.30. The number of primary amides is 1. The standard InChI is InChI=1S/C20H20N4O2/c1-15-18(8-5-12-22-15)26-19-10-9-17(14-23-19)24(20(21)25)13-11-16-6-3-2-4-7-16/h2-10,12,14H,11,13H2,1H3,(H2,21,25). The number of aromatic nitrogens is 2. The molecule has 2 heterocycles. The van der Waals surface area contributed by atoms with Gasteiger partial charge in [-0.15, -0.1) is 0 Å². The molecule has 0 aliphatic heterocycles. The number of aryl methyl sites for hydroxylation is 1.